The van der Waals surface area contributed by atoms with Gasteiger partial charge in [-0.05, 0) is 18.2 Å². The number of aromatic nitrogens is 2. The fraction of sp³-hybridized carbons (Fsp3) is 0.0526. The minimum absolute atomic E-state index is 0.0247. The van der Waals surface area contributed by atoms with Crippen molar-refractivity contribution in [1.29, 1.82) is 0 Å². The lowest BCUT2D eigenvalue weighted by Gasteiger charge is -1.98. The third-order valence-electron chi connectivity index (χ3n) is 3.78. The van der Waals surface area contributed by atoms with Crippen LogP contribution in [0.15, 0.2) is 75.0 Å². The first-order chi connectivity index (χ1) is 13.0. The molecule has 0 aliphatic carbocycles. The van der Waals surface area contributed by atoms with Crippen LogP contribution in [-0.4, -0.2) is 18.4 Å². The second-order valence-corrected chi connectivity index (χ2v) is 8.80. The van der Waals surface area contributed by atoms with E-state index in [1.165, 1.54) is 24.5 Å². The fourth-order valence-corrected chi connectivity index (χ4v) is 4.87. The van der Waals surface area contributed by atoms with Crippen molar-refractivity contribution < 1.29 is 17.2 Å². The van der Waals surface area contributed by atoms with Crippen LogP contribution in [0.1, 0.15) is 5.69 Å². The molecule has 0 amide bonds. The zero-order valence-electron chi connectivity index (χ0n) is 13.9. The van der Waals surface area contributed by atoms with Crippen molar-refractivity contribution >= 4 is 21.2 Å². The van der Waals surface area contributed by atoms with E-state index in [4.69, 9.17) is 4.42 Å². The molecule has 136 valence electrons. The van der Waals surface area contributed by atoms with Crippen LogP contribution in [0.4, 0.5) is 4.39 Å². The number of rotatable bonds is 5. The molecule has 0 aliphatic rings. The lowest BCUT2D eigenvalue weighted by molar-refractivity contribution is 0.570. The average Bonchev–Trinajstić information content (AvgIpc) is 3.32. The van der Waals surface area contributed by atoms with Gasteiger partial charge in [-0.1, -0.05) is 36.4 Å². The molecule has 0 spiro atoms. The molecule has 5 nitrogen and oxygen atoms in total. The molecule has 0 aliphatic heterocycles. The zero-order valence-corrected chi connectivity index (χ0v) is 15.5. The third kappa shape index (κ3) is 3.81. The van der Waals surface area contributed by atoms with Crippen LogP contribution in [0.3, 0.4) is 0 Å². The summed E-state index contributed by atoms with van der Waals surface area (Å²) < 4.78 is 44.0. The molecule has 2 aromatic carbocycles. The largest absolute Gasteiger partial charge is 0.444 e. The maximum Gasteiger partial charge on any atom is 0.226 e. The second kappa shape index (κ2) is 7.05. The minimum Gasteiger partial charge on any atom is -0.444 e. The molecule has 4 aromatic rings. The van der Waals surface area contributed by atoms with Crippen molar-refractivity contribution in [3.63, 3.8) is 0 Å². The molecule has 8 heteroatoms. The molecule has 2 heterocycles. The van der Waals surface area contributed by atoms with Gasteiger partial charge in [-0.15, -0.1) is 11.3 Å². The molecule has 0 saturated carbocycles. The maximum atomic E-state index is 13.3. The Morgan fingerprint density at radius 2 is 1.78 bits per heavy atom. The number of benzene rings is 2. The molecule has 0 fully saturated rings. The van der Waals surface area contributed by atoms with E-state index in [9.17, 15) is 12.8 Å². The predicted octanol–water partition coefficient (Wildman–Crippen LogP) is 4.58. The van der Waals surface area contributed by atoms with Crippen LogP contribution in [0.2, 0.25) is 0 Å². The Morgan fingerprint density at radius 1 is 1.00 bits per heavy atom. The quantitative estimate of drug-likeness (QED) is 0.490. The summed E-state index contributed by atoms with van der Waals surface area (Å²) in [7, 11) is -3.67. The number of oxazole rings is 1. The Labute approximate surface area is 159 Å². The normalized spacial score (nSPS) is 11.6. The molecule has 0 unspecified atom stereocenters. The molecule has 2 aromatic heterocycles. The molecule has 0 saturated heterocycles. The van der Waals surface area contributed by atoms with E-state index in [-0.39, 0.29) is 21.7 Å². The van der Waals surface area contributed by atoms with Gasteiger partial charge in [0.2, 0.25) is 20.1 Å². The van der Waals surface area contributed by atoms with Crippen LogP contribution >= 0.6 is 11.3 Å². The topological polar surface area (TPSA) is 73.1 Å². The van der Waals surface area contributed by atoms with Crippen LogP contribution in [0, 0.1) is 5.82 Å². The zero-order chi connectivity index (χ0) is 18.9. The van der Waals surface area contributed by atoms with Crippen LogP contribution in [-0.2, 0) is 15.6 Å². The Bertz CT molecular complexity index is 1180. The molecule has 27 heavy (non-hydrogen) atoms. The highest BCUT2D eigenvalue weighted by atomic mass is 32.2. The molecule has 0 N–H and O–H groups in total. The van der Waals surface area contributed by atoms with Crippen molar-refractivity contribution in [3.8, 4) is 22.7 Å². The Hall–Kier alpha value is -2.84. The van der Waals surface area contributed by atoms with Crippen molar-refractivity contribution in [1.82, 2.24) is 9.97 Å². The monoisotopic (exact) mass is 400 g/mol. The van der Waals surface area contributed by atoms with Gasteiger partial charge < -0.3 is 4.42 Å². The van der Waals surface area contributed by atoms with Gasteiger partial charge in [-0.25, -0.2) is 22.8 Å². The fourth-order valence-electron chi connectivity index (χ4n) is 2.53. The first kappa shape index (κ1) is 17.6. The average molecular weight is 400 g/mol. The highest BCUT2D eigenvalue weighted by Crippen LogP contribution is 2.27. The number of hydrogen-bond acceptors (Lipinski definition) is 6. The number of thiazole rings is 1. The number of halogens is 1. The van der Waals surface area contributed by atoms with Gasteiger partial charge in [0.25, 0.3) is 0 Å². The summed E-state index contributed by atoms with van der Waals surface area (Å²) in [5, 5.41) is 1.71. The number of sulfone groups is 1. The lowest BCUT2D eigenvalue weighted by Crippen LogP contribution is -2.05. The Kier molecular flexibility index (Phi) is 4.59. The molecule has 0 radical (unpaired) electrons. The molecule has 0 atom stereocenters. The van der Waals surface area contributed by atoms with Crippen molar-refractivity contribution in [2.24, 2.45) is 0 Å². The lowest BCUT2D eigenvalue weighted by atomic mass is 10.2. The molecule has 0 bridgehead atoms. The van der Waals surface area contributed by atoms with Gasteiger partial charge in [-0.2, -0.15) is 0 Å². The van der Waals surface area contributed by atoms with E-state index in [0.717, 1.165) is 16.9 Å². The summed E-state index contributed by atoms with van der Waals surface area (Å²) in [6, 6.07) is 15.1. The van der Waals surface area contributed by atoms with Crippen LogP contribution < -0.4 is 0 Å². The number of nitrogens with zero attached hydrogens (tertiary/aromatic N) is 2. The first-order valence-electron chi connectivity index (χ1n) is 7.95. The van der Waals surface area contributed by atoms with E-state index < -0.39 is 15.7 Å². The summed E-state index contributed by atoms with van der Waals surface area (Å²) in [5.41, 5.74) is 2.15. The Balaban J connectivity index is 1.57. The summed E-state index contributed by atoms with van der Waals surface area (Å²) in [4.78, 5) is 8.41. The predicted molar refractivity (Wildman–Crippen MR) is 100 cm³/mol. The number of hydrogen-bond donors (Lipinski definition) is 0. The van der Waals surface area contributed by atoms with Crippen molar-refractivity contribution in [2.45, 2.75) is 10.1 Å². The molecular weight excluding hydrogens is 387 g/mol. The van der Waals surface area contributed by atoms with Gasteiger partial charge in [0.15, 0.2) is 0 Å². The summed E-state index contributed by atoms with van der Waals surface area (Å²) in [5.74, 6) is -0.590. The van der Waals surface area contributed by atoms with Gasteiger partial charge >= 0.3 is 0 Å². The van der Waals surface area contributed by atoms with Crippen molar-refractivity contribution in [3.05, 3.63) is 77.8 Å². The highest BCUT2D eigenvalue weighted by molar-refractivity contribution is 7.92. The van der Waals surface area contributed by atoms with Crippen LogP contribution in [0.25, 0.3) is 22.7 Å². The Morgan fingerprint density at radius 3 is 2.56 bits per heavy atom. The van der Waals surface area contributed by atoms with Gasteiger partial charge in [-0.3, -0.25) is 0 Å². The third-order valence-corrected chi connectivity index (χ3v) is 6.76. The maximum absolute atomic E-state index is 13.3. The molecular formula is C19H13FN2O3S2. The minimum atomic E-state index is -3.67. The highest BCUT2D eigenvalue weighted by Gasteiger charge is 2.22. The summed E-state index contributed by atoms with van der Waals surface area (Å²) in [6.45, 7) is 0. The summed E-state index contributed by atoms with van der Waals surface area (Å²) in [6.07, 6.45) is 1.27. The van der Waals surface area contributed by atoms with Crippen molar-refractivity contribution in [2.75, 3.05) is 0 Å². The van der Waals surface area contributed by atoms with E-state index in [2.05, 4.69) is 9.97 Å². The van der Waals surface area contributed by atoms with Gasteiger partial charge in [0.05, 0.1) is 11.4 Å². The SMILES string of the molecule is O=S(=O)(Cc1coc(-c2cccc(F)c2)n1)c1nc(-c2ccccc2)cs1. The van der Waals surface area contributed by atoms with E-state index in [1.54, 1.807) is 11.4 Å². The van der Waals surface area contributed by atoms with E-state index in [1.807, 2.05) is 30.3 Å². The summed E-state index contributed by atoms with van der Waals surface area (Å²) >= 11 is 1.07. The van der Waals surface area contributed by atoms with Gasteiger partial charge in [0.1, 0.15) is 17.8 Å². The van der Waals surface area contributed by atoms with E-state index in [0.29, 0.717) is 11.3 Å². The van der Waals surface area contributed by atoms with Gasteiger partial charge in [0, 0.05) is 16.5 Å². The van der Waals surface area contributed by atoms with Crippen LogP contribution in [0.5, 0.6) is 0 Å². The van der Waals surface area contributed by atoms with E-state index >= 15 is 0 Å². The standard InChI is InChI=1S/C19H13FN2O3S2/c20-15-8-4-7-14(9-15)18-21-16(10-25-18)12-27(23,24)19-22-17(11-26-19)13-5-2-1-3-6-13/h1-11H,12H2. The molecule has 4 rings (SSSR count). The second-order valence-electron chi connectivity index (χ2n) is 5.78. The smallest absolute Gasteiger partial charge is 0.226 e. The first-order valence-corrected chi connectivity index (χ1v) is 10.5.